The lowest BCUT2D eigenvalue weighted by Gasteiger charge is -2.06. The molecule has 0 heterocycles. The van der Waals surface area contributed by atoms with Crippen LogP contribution in [0.2, 0.25) is 0 Å². The third-order valence-corrected chi connectivity index (χ3v) is 2.57. The number of allylic oxidation sites excluding steroid dienone is 1. The van der Waals surface area contributed by atoms with E-state index in [1.807, 2.05) is 58.0 Å². The van der Waals surface area contributed by atoms with Crippen LogP contribution in [-0.4, -0.2) is 5.11 Å². The van der Waals surface area contributed by atoms with Gasteiger partial charge < -0.3 is 9.84 Å². The fourth-order valence-corrected chi connectivity index (χ4v) is 1.58. The van der Waals surface area contributed by atoms with E-state index in [4.69, 9.17) is 15.3 Å². The molecule has 0 spiro atoms. The van der Waals surface area contributed by atoms with Gasteiger partial charge in [-0.3, -0.25) is 0 Å². The van der Waals surface area contributed by atoms with Gasteiger partial charge in [0.15, 0.2) is 11.3 Å². The Kier molecular flexibility index (Phi) is 10.7. The van der Waals surface area contributed by atoms with Gasteiger partial charge in [-0.25, -0.2) is 0 Å². The summed E-state index contributed by atoms with van der Waals surface area (Å²) in [6.45, 7) is 8.00. The van der Waals surface area contributed by atoms with E-state index in [0.29, 0.717) is 17.1 Å². The SMILES string of the molecule is CC.CC.N#CC(C#N)=C(O)c1ccc(Oc2ccccc2)cc1. The molecule has 0 saturated heterocycles. The van der Waals surface area contributed by atoms with Gasteiger partial charge in [-0.2, -0.15) is 10.5 Å². The van der Waals surface area contributed by atoms with Crippen LogP contribution in [-0.2, 0) is 0 Å². The summed E-state index contributed by atoms with van der Waals surface area (Å²) in [5, 5.41) is 27.1. The van der Waals surface area contributed by atoms with Crippen LogP contribution in [0.4, 0.5) is 0 Å². The molecule has 0 unspecified atom stereocenters. The molecule has 0 amide bonds. The maximum atomic E-state index is 9.75. The maximum Gasteiger partial charge on any atom is 0.171 e. The Morgan fingerprint density at radius 3 is 1.71 bits per heavy atom. The highest BCUT2D eigenvalue weighted by molar-refractivity contribution is 5.69. The summed E-state index contributed by atoms with van der Waals surface area (Å²) in [5.74, 6) is 0.972. The standard InChI is InChI=1S/C16H10N2O2.2C2H6/c17-10-13(11-18)16(19)12-6-8-15(9-7-12)20-14-4-2-1-3-5-14;2*1-2/h1-9,19H;2*1-2H3. The third kappa shape index (κ3) is 6.25. The van der Waals surface area contributed by atoms with Gasteiger partial charge in [-0.15, -0.1) is 0 Å². The molecule has 0 aliphatic carbocycles. The normalized spacial score (nSPS) is 8.08. The summed E-state index contributed by atoms with van der Waals surface area (Å²) in [4.78, 5) is 0. The van der Waals surface area contributed by atoms with Gasteiger partial charge in [0.1, 0.15) is 23.6 Å². The number of hydrogen-bond acceptors (Lipinski definition) is 4. The van der Waals surface area contributed by atoms with E-state index in [9.17, 15) is 5.11 Å². The highest BCUT2D eigenvalue weighted by Gasteiger charge is 2.07. The first kappa shape index (κ1) is 20.8. The molecule has 0 saturated carbocycles. The molecule has 0 aromatic heterocycles. The Labute approximate surface area is 143 Å². The summed E-state index contributed by atoms with van der Waals surface area (Å²) in [6.07, 6.45) is 0. The number of aliphatic hydroxyl groups is 1. The van der Waals surface area contributed by atoms with Gasteiger partial charge in [0.25, 0.3) is 0 Å². The van der Waals surface area contributed by atoms with Crippen LogP contribution >= 0.6 is 0 Å². The largest absolute Gasteiger partial charge is 0.505 e. The third-order valence-electron chi connectivity index (χ3n) is 2.57. The lowest BCUT2D eigenvalue weighted by atomic mass is 10.1. The summed E-state index contributed by atoms with van der Waals surface area (Å²) >= 11 is 0. The molecular weight excluding hydrogens is 300 g/mol. The molecule has 0 aliphatic rings. The average molecular weight is 322 g/mol. The lowest BCUT2D eigenvalue weighted by Crippen LogP contribution is -1.89. The number of ether oxygens (including phenoxy) is 1. The molecule has 0 atom stereocenters. The quantitative estimate of drug-likeness (QED) is 0.568. The number of aliphatic hydroxyl groups excluding tert-OH is 1. The molecule has 0 aliphatic heterocycles. The fourth-order valence-electron chi connectivity index (χ4n) is 1.58. The van der Waals surface area contributed by atoms with Crippen LogP contribution in [0, 0.1) is 22.7 Å². The number of nitriles is 2. The van der Waals surface area contributed by atoms with Crippen LogP contribution in [0.3, 0.4) is 0 Å². The van der Waals surface area contributed by atoms with Gasteiger partial charge in [0.05, 0.1) is 0 Å². The zero-order valence-electron chi connectivity index (χ0n) is 14.4. The monoisotopic (exact) mass is 322 g/mol. The molecule has 4 nitrogen and oxygen atoms in total. The van der Waals surface area contributed by atoms with Crippen molar-refractivity contribution in [3.05, 3.63) is 65.7 Å². The number of para-hydroxylation sites is 1. The first-order valence-corrected chi connectivity index (χ1v) is 7.81. The Balaban J connectivity index is 0.00000123. The lowest BCUT2D eigenvalue weighted by molar-refractivity contribution is 0.482. The molecule has 0 radical (unpaired) electrons. The van der Waals surface area contributed by atoms with Crippen LogP contribution in [0.25, 0.3) is 5.76 Å². The smallest absolute Gasteiger partial charge is 0.171 e. The molecule has 0 fully saturated rings. The number of rotatable bonds is 3. The summed E-state index contributed by atoms with van der Waals surface area (Å²) in [7, 11) is 0. The fraction of sp³-hybridized carbons (Fsp3) is 0.200. The second-order valence-electron chi connectivity index (χ2n) is 3.89. The minimum Gasteiger partial charge on any atom is -0.505 e. The molecule has 4 heteroatoms. The van der Waals surface area contributed by atoms with E-state index >= 15 is 0 Å². The molecule has 0 bridgehead atoms. The van der Waals surface area contributed by atoms with Crippen molar-refractivity contribution in [2.75, 3.05) is 0 Å². The van der Waals surface area contributed by atoms with Crippen LogP contribution in [0.5, 0.6) is 11.5 Å². The van der Waals surface area contributed by atoms with Crippen molar-refractivity contribution in [1.82, 2.24) is 0 Å². The highest BCUT2D eigenvalue weighted by Crippen LogP contribution is 2.23. The molecule has 124 valence electrons. The summed E-state index contributed by atoms with van der Waals surface area (Å²) in [6, 6.07) is 19.1. The van der Waals surface area contributed by atoms with Gasteiger partial charge in [0.2, 0.25) is 0 Å². The van der Waals surface area contributed by atoms with E-state index < -0.39 is 0 Å². The maximum absolute atomic E-state index is 9.75. The summed E-state index contributed by atoms with van der Waals surface area (Å²) in [5.41, 5.74) is 0.0743. The molecular formula is C20H22N2O2. The number of hydrogen-bond donors (Lipinski definition) is 1. The minimum absolute atomic E-state index is 0.318. The second kappa shape index (κ2) is 12.3. The van der Waals surface area contributed by atoms with E-state index in [1.165, 1.54) is 0 Å². The summed E-state index contributed by atoms with van der Waals surface area (Å²) < 4.78 is 5.60. The zero-order valence-corrected chi connectivity index (χ0v) is 14.4. The Bertz CT molecular complexity index is 690. The Morgan fingerprint density at radius 1 is 0.792 bits per heavy atom. The van der Waals surface area contributed by atoms with Gasteiger partial charge >= 0.3 is 0 Å². The Hall–Kier alpha value is -3.24. The van der Waals surface area contributed by atoms with Crippen molar-refractivity contribution in [2.24, 2.45) is 0 Å². The first-order valence-electron chi connectivity index (χ1n) is 7.81. The Morgan fingerprint density at radius 2 is 1.25 bits per heavy atom. The van der Waals surface area contributed by atoms with E-state index in [1.54, 1.807) is 36.4 Å². The predicted molar refractivity (Wildman–Crippen MR) is 96.4 cm³/mol. The van der Waals surface area contributed by atoms with Crippen molar-refractivity contribution in [1.29, 1.82) is 10.5 Å². The molecule has 1 N–H and O–H groups in total. The van der Waals surface area contributed by atoms with Crippen molar-refractivity contribution in [3.8, 4) is 23.6 Å². The van der Waals surface area contributed by atoms with Gasteiger partial charge in [-0.1, -0.05) is 45.9 Å². The average Bonchev–Trinajstić information content (AvgIpc) is 2.67. The van der Waals surface area contributed by atoms with E-state index in [2.05, 4.69) is 0 Å². The highest BCUT2D eigenvalue weighted by atomic mass is 16.5. The molecule has 2 aromatic carbocycles. The number of benzene rings is 2. The van der Waals surface area contributed by atoms with Crippen molar-refractivity contribution >= 4 is 5.76 Å². The molecule has 2 aromatic rings. The van der Waals surface area contributed by atoms with Crippen LogP contribution in [0.15, 0.2) is 60.2 Å². The van der Waals surface area contributed by atoms with E-state index in [0.717, 1.165) is 0 Å². The van der Waals surface area contributed by atoms with Crippen LogP contribution < -0.4 is 4.74 Å². The van der Waals surface area contributed by atoms with Crippen molar-refractivity contribution in [2.45, 2.75) is 27.7 Å². The van der Waals surface area contributed by atoms with Crippen molar-refractivity contribution < 1.29 is 9.84 Å². The van der Waals surface area contributed by atoms with E-state index in [-0.39, 0.29) is 11.3 Å². The zero-order chi connectivity index (χ0) is 18.4. The predicted octanol–water partition coefficient (Wildman–Crippen LogP) is 5.85. The minimum atomic E-state index is -0.332. The van der Waals surface area contributed by atoms with Gasteiger partial charge in [0, 0.05) is 5.56 Å². The molecule has 24 heavy (non-hydrogen) atoms. The first-order chi connectivity index (χ1) is 11.7. The van der Waals surface area contributed by atoms with Crippen LogP contribution in [0.1, 0.15) is 33.3 Å². The topological polar surface area (TPSA) is 77.0 Å². The van der Waals surface area contributed by atoms with Gasteiger partial charge in [-0.05, 0) is 36.4 Å². The molecule has 2 rings (SSSR count). The number of nitrogens with zero attached hydrogens (tertiary/aromatic N) is 2. The second-order valence-corrected chi connectivity index (χ2v) is 3.89. The van der Waals surface area contributed by atoms with Crippen molar-refractivity contribution in [3.63, 3.8) is 0 Å².